The third kappa shape index (κ3) is 3.17. The zero-order valence-electron chi connectivity index (χ0n) is 9.55. The Bertz CT molecular complexity index is 622. The van der Waals surface area contributed by atoms with E-state index < -0.39 is 10.9 Å². The molecule has 0 aliphatic carbocycles. The summed E-state index contributed by atoms with van der Waals surface area (Å²) in [6.45, 7) is -0.143. The highest BCUT2D eigenvalue weighted by Crippen LogP contribution is 2.25. The SMILES string of the molecule is O=[N+]([O-])c1cc(Cl)ccc1COc1cccnc1F. The van der Waals surface area contributed by atoms with Crippen LogP contribution in [-0.2, 0) is 6.61 Å². The van der Waals surface area contributed by atoms with Crippen molar-refractivity contribution in [3.63, 3.8) is 0 Å². The number of nitro benzene ring substituents is 1. The number of aromatic nitrogens is 1. The first-order valence-electron chi connectivity index (χ1n) is 5.24. The molecular weight excluding hydrogens is 275 g/mol. The van der Waals surface area contributed by atoms with E-state index in [4.69, 9.17) is 16.3 Å². The van der Waals surface area contributed by atoms with Gasteiger partial charge < -0.3 is 4.74 Å². The molecule has 0 unspecified atom stereocenters. The Morgan fingerprint density at radius 2 is 2.21 bits per heavy atom. The van der Waals surface area contributed by atoms with E-state index in [0.29, 0.717) is 5.56 Å². The first-order valence-corrected chi connectivity index (χ1v) is 5.62. The highest BCUT2D eigenvalue weighted by molar-refractivity contribution is 6.30. The molecule has 0 atom stereocenters. The van der Waals surface area contributed by atoms with Gasteiger partial charge in [-0.1, -0.05) is 11.6 Å². The maximum Gasteiger partial charge on any atom is 0.277 e. The maximum absolute atomic E-state index is 13.2. The summed E-state index contributed by atoms with van der Waals surface area (Å²) in [7, 11) is 0. The lowest BCUT2D eigenvalue weighted by Gasteiger charge is -2.07. The predicted octanol–water partition coefficient (Wildman–Crippen LogP) is 3.36. The van der Waals surface area contributed by atoms with Gasteiger partial charge in [0, 0.05) is 17.3 Å². The van der Waals surface area contributed by atoms with Gasteiger partial charge in [0.2, 0.25) is 0 Å². The minimum absolute atomic E-state index is 0.0632. The second-order valence-electron chi connectivity index (χ2n) is 3.61. The van der Waals surface area contributed by atoms with Gasteiger partial charge in [-0.2, -0.15) is 4.39 Å². The normalized spacial score (nSPS) is 10.2. The number of nitro groups is 1. The van der Waals surface area contributed by atoms with Gasteiger partial charge in [0.15, 0.2) is 5.75 Å². The van der Waals surface area contributed by atoms with E-state index in [2.05, 4.69) is 4.98 Å². The van der Waals surface area contributed by atoms with Crippen molar-refractivity contribution in [1.82, 2.24) is 4.98 Å². The maximum atomic E-state index is 13.2. The van der Waals surface area contributed by atoms with Crippen LogP contribution in [0.15, 0.2) is 36.5 Å². The van der Waals surface area contributed by atoms with E-state index in [0.717, 1.165) is 0 Å². The van der Waals surface area contributed by atoms with Crippen molar-refractivity contribution in [3.05, 3.63) is 63.2 Å². The molecule has 1 aromatic carbocycles. The van der Waals surface area contributed by atoms with Crippen LogP contribution in [0.5, 0.6) is 5.75 Å². The van der Waals surface area contributed by atoms with Crippen molar-refractivity contribution in [1.29, 1.82) is 0 Å². The van der Waals surface area contributed by atoms with Gasteiger partial charge in [0.05, 0.1) is 10.5 Å². The molecule has 0 saturated heterocycles. The van der Waals surface area contributed by atoms with E-state index >= 15 is 0 Å². The van der Waals surface area contributed by atoms with Gasteiger partial charge in [0.25, 0.3) is 11.6 Å². The number of hydrogen-bond donors (Lipinski definition) is 0. The lowest BCUT2D eigenvalue weighted by Crippen LogP contribution is -2.02. The van der Waals surface area contributed by atoms with Gasteiger partial charge in [-0.3, -0.25) is 10.1 Å². The summed E-state index contributed by atoms with van der Waals surface area (Å²) in [5.41, 5.74) is 0.134. The van der Waals surface area contributed by atoms with E-state index in [1.807, 2.05) is 0 Å². The molecule has 1 heterocycles. The third-order valence-corrected chi connectivity index (χ3v) is 2.59. The van der Waals surface area contributed by atoms with E-state index in [1.165, 1.54) is 36.5 Å². The number of halogens is 2. The second-order valence-corrected chi connectivity index (χ2v) is 4.05. The zero-order chi connectivity index (χ0) is 13.8. The number of rotatable bonds is 4. The van der Waals surface area contributed by atoms with Crippen molar-refractivity contribution < 1.29 is 14.1 Å². The molecule has 1 aromatic heterocycles. The van der Waals surface area contributed by atoms with Crippen LogP contribution in [-0.4, -0.2) is 9.91 Å². The molecule has 19 heavy (non-hydrogen) atoms. The number of ether oxygens (including phenoxy) is 1. The van der Waals surface area contributed by atoms with Gasteiger partial charge in [-0.25, -0.2) is 4.98 Å². The molecule has 5 nitrogen and oxygen atoms in total. The van der Waals surface area contributed by atoms with E-state index in [9.17, 15) is 14.5 Å². The predicted molar refractivity (Wildman–Crippen MR) is 66.6 cm³/mol. The average molecular weight is 283 g/mol. The zero-order valence-corrected chi connectivity index (χ0v) is 10.3. The molecule has 2 aromatic rings. The lowest BCUT2D eigenvalue weighted by molar-refractivity contribution is -0.385. The van der Waals surface area contributed by atoms with Gasteiger partial charge >= 0.3 is 0 Å². The Morgan fingerprint density at radius 3 is 2.89 bits per heavy atom. The Balaban J connectivity index is 2.20. The molecule has 0 amide bonds. The average Bonchev–Trinajstić information content (AvgIpc) is 2.38. The number of pyridine rings is 1. The molecule has 0 radical (unpaired) electrons. The van der Waals surface area contributed by atoms with Crippen LogP contribution in [0.1, 0.15) is 5.56 Å². The minimum atomic E-state index is -0.765. The third-order valence-electron chi connectivity index (χ3n) is 2.35. The van der Waals surface area contributed by atoms with Gasteiger partial charge in [0.1, 0.15) is 6.61 Å². The first-order chi connectivity index (χ1) is 9.08. The monoisotopic (exact) mass is 282 g/mol. The second kappa shape index (κ2) is 5.62. The summed E-state index contributed by atoms with van der Waals surface area (Å²) >= 11 is 5.69. The molecule has 0 N–H and O–H groups in total. The van der Waals surface area contributed by atoms with Crippen LogP contribution in [0.4, 0.5) is 10.1 Å². The van der Waals surface area contributed by atoms with Crippen molar-refractivity contribution in [2.75, 3.05) is 0 Å². The fourth-order valence-electron chi connectivity index (χ4n) is 1.46. The molecule has 98 valence electrons. The summed E-state index contributed by atoms with van der Waals surface area (Å²) in [5, 5.41) is 11.1. The molecule has 0 aliphatic heterocycles. The molecule has 0 saturated carbocycles. The van der Waals surface area contributed by atoms with E-state index in [-0.39, 0.29) is 23.1 Å². The van der Waals surface area contributed by atoms with Crippen LogP contribution in [0.3, 0.4) is 0 Å². The number of hydrogen-bond acceptors (Lipinski definition) is 4. The van der Waals surface area contributed by atoms with Crippen LogP contribution in [0.25, 0.3) is 0 Å². The Labute approximate surface area is 112 Å². The van der Waals surface area contributed by atoms with Crippen LogP contribution in [0, 0.1) is 16.1 Å². The first kappa shape index (κ1) is 13.2. The molecular formula is C12H8ClFN2O3. The van der Waals surface area contributed by atoms with Gasteiger partial charge in [-0.15, -0.1) is 0 Å². The topological polar surface area (TPSA) is 65.3 Å². The van der Waals surface area contributed by atoms with Crippen LogP contribution >= 0.6 is 11.6 Å². The Kier molecular flexibility index (Phi) is 3.91. The standard InChI is InChI=1S/C12H8ClFN2O3/c13-9-4-3-8(10(6-9)16(17)18)7-19-11-2-1-5-15-12(11)14/h1-6H,7H2. The van der Waals surface area contributed by atoms with Crippen LogP contribution in [0.2, 0.25) is 5.02 Å². The van der Waals surface area contributed by atoms with Crippen molar-refractivity contribution in [2.24, 2.45) is 0 Å². The number of nitrogens with zero attached hydrogens (tertiary/aromatic N) is 2. The van der Waals surface area contributed by atoms with Crippen LogP contribution < -0.4 is 4.74 Å². The van der Waals surface area contributed by atoms with Crippen molar-refractivity contribution in [2.45, 2.75) is 6.61 Å². The summed E-state index contributed by atoms with van der Waals surface area (Å²) in [5.74, 6) is -0.828. The van der Waals surface area contributed by atoms with E-state index in [1.54, 1.807) is 0 Å². The molecule has 0 bridgehead atoms. The smallest absolute Gasteiger partial charge is 0.277 e. The summed E-state index contributed by atoms with van der Waals surface area (Å²) < 4.78 is 18.4. The molecule has 2 rings (SSSR count). The quantitative estimate of drug-likeness (QED) is 0.490. The largest absolute Gasteiger partial charge is 0.484 e. The molecule has 7 heteroatoms. The summed E-state index contributed by atoms with van der Waals surface area (Å²) in [6.07, 6.45) is 1.28. The molecule has 0 spiro atoms. The van der Waals surface area contributed by atoms with Gasteiger partial charge in [-0.05, 0) is 24.3 Å². The fraction of sp³-hybridized carbons (Fsp3) is 0.0833. The minimum Gasteiger partial charge on any atom is -0.484 e. The highest BCUT2D eigenvalue weighted by Gasteiger charge is 2.15. The summed E-state index contributed by atoms with van der Waals surface area (Å²) in [6, 6.07) is 7.10. The number of benzene rings is 1. The molecule has 0 aliphatic rings. The fourth-order valence-corrected chi connectivity index (χ4v) is 1.63. The summed E-state index contributed by atoms with van der Waals surface area (Å²) in [4.78, 5) is 13.7. The van der Waals surface area contributed by atoms with Crippen molar-refractivity contribution >= 4 is 17.3 Å². The van der Waals surface area contributed by atoms with Crippen molar-refractivity contribution in [3.8, 4) is 5.75 Å². The Morgan fingerprint density at radius 1 is 1.42 bits per heavy atom. The molecule has 0 fully saturated rings. The lowest BCUT2D eigenvalue weighted by atomic mass is 10.2. The highest BCUT2D eigenvalue weighted by atomic mass is 35.5. The Hall–Kier alpha value is -2.21.